The summed E-state index contributed by atoms with van der Waals surface area (Å²) < 4.78 is 5.65. The average Bonchev–Trinajstić information content (AvgIpc) is 3.49. The number of hydrogen-bond acceptors (Lipinski definition) is 3. The summed E-state index contributed by atoms with van der Waals surface area (Å²) in [6.45, 7) is 1.67. The van der Waals surface area contributed by atoms with E-state index in [1.165, 1.54) is 11.1 Å². The fourth-order valence-electron chi connectivity index (χ4n) is 5.77. The number of hydrogen-bond donors (Lipinski definition) is 2. The van der Waals surface area contributed by atoms with Gasteiger partial charge < -0.3 is 15.8 Å². The van der Waals surface area contributed by atoms with Crippen molar-refractivity contribution in [3.63, 3.8) is 0 Å². The third-order valence-corrected chi connectivity index (χ3v) is 7.25. The highest BCUT2D eigenvalue weighted by Crippen LogP contribution is 2.45. The van der Waals surface area contributed by atoms with E-state index < -0.39 is 5.41 Å². The molecule has 3 aromatic carbocycles. The molecule has 2 aliphatic heterocycles. The number of nitrogens with one attached hydrogen (secondary N) is 1. The van der Waals surface area contributed by atoms with Crippen molar-refractivity contribution in [3.05, 3.63) is 101 Å². The molecule has 2 unspecified atom stereocenters. The Bertz CT molecular complexity index is 1040. The Morgan fingerprint density at radius 1 is 1.00 bits per heavy atom. The van der Waals surface area contributed by atoms with Gasteiger partial charge in [0, 0.05) is 12.5 Å². The van der Waals surface area contributed by atoms with Crippen LogP contribution in [0.5, 0.6) is 5.75 Å². The molecule has 0 bridgehead atoms. The molecule has 3 N–H and O–H groups in total. The Morgan fingerprint density at radius 2 is 1.69 bits per heavy atom. The molecule has 0 saturated carbocycles. The lowest BCUT2D eigenvalue weighted by atomic mass is 9.62. The summed E-state index contributed by atoms with van der Waals surface area (Å²) >= 11 is 0. The Morgan fingerprint density at radius 3 is 2.34 bits per heavy atom. The summed E-state index contributed by atoms with van der Waals surface area (Å²) in [5.74, 6) is 0.831. The Kier molecular flexibility index (Phi) is 5.71. The van der Waals surface area contributed by atoms with Gasteiger partial charge in [-0.1, -0.05) is 72.8 Å². The van der Waals surface area contributed by atoms with E-state index >= 15 is 0 Å². The maximum absolute atomic E-state index is 13.3. The molecule has 1 saturated heterocycles. The summed E-state index contributed by atoms with van der Waals surface area (Å²) in [7, 11) is 0. The number of nitrogens with two attached hydrogens (primary N) is 1. The number of primary amides is 1. The number of carbonyl (C=O) groups is 1. The van der Waals surface area contributed by atoms with E-state index in [0.29, 0.717) is 0 Å². The summed E-state index contributed by atoms with van der Waals surface area (Å²) in [4.78, 5) is 13.3. The van der Waals surface area contributed by atoms with Gasteiger partial charge in [0.15, 0.2) is 0 Å². The predicted octanol–water partition coefficient (Wildman–Crippen LogP) is 4.00. The fraction of sp³-hybridized carbons (Fsp3) is 0.321. The monoisotopic (exact) mass is 426 g/mol. The molecule has 2 aliphatic rings. The quantitative estimate of drug-likeness (QED) is 0.600. The highest BCUT2D eigenvalue weighted by molar-refractivity contribution is 5.91. The second-order valence-electron chi connectivity index (χ2n) is 8.94. The normalized spacial score (nSPS) is 20.0. The molecule has 164 valence electrons. The zero-order valence-corrected chi connectivity index (χ0v) is 18.3. The van der Waals surface area contributed by atoms with E-state index in [1.807, 2.05) is 60.7 Å². The van der Waals surface area contributed by atoms with E-state index in [1.54, 1.807) is 0 Å². The molecule has 0 aliphatic carbocycles. The summed E-state index contributed by atoms with van der Waals surface area (Å²) in [6.07, 6.45) is 3.81. The lowest BCUT2D eigenvalue weighted by molar-refractivity contribution is -0.124. The molecular weight excluding hydrogens is 396 g/mol. The maximum Gasteiger partial charge on any atom is 0.232 e. The molecule has 32 heavy (non-hydrogen) atoms. The minimum atomic E-state index is -0.859. The molecule has 0 radical (unpaired) electrons. The first-order chi connectivity index (χ1) is 15.7. The van der Waals surface area contributed by atoms with Crippen LogP contribution in [0, 0.1) is 5.92 Å². The molecular formula is C28H30N2O2. The summed E-state index contributed by atoms with van der Waals surface area (Å²) in [5.41, 5.74) is 9.99. The van der Waals surface area contributed by atoms with Gasteiger partial charge in [0.25, 0.3) is 0 Å². The van der Waals surface area contributed by atoms with Crippen LogP contribution in [0.15, 0.2) is 78.9 Å². The highest BCUT2D eigenvalue weighted by Gasteiger charge is 2.51. The second kappa shape index (κ2) is 8.79. The number of fused-ring (bicyclic) bond motifs is 1. The van der Waals surface area contributed by atoms with Crippen molar-refractivity contribution >= 4 is 5.91 Å². The van der Waals surface area contributed by atoms with Gasteiger partial charge in [0.1, 0.15) is 11.2 Å². The van der Waals surface area contributed by atoms with Gasteiger partial charge >= 0.3 is 0 Å². The van der Waals surface area contributed by atoms with Crippen molar-refractivity contribution in [2.75, 3.05) is 13.2 Å². The van der Waals surface area contributed by atoms with Crippen molar-refractivity contribution in [1.29, 1.82) is 0 Å². The predicted molar refractivity (Wildman–Crippen MR) is 127 cm³/mol. The van der Waals surface area contributed by atoms with E-state index in [4.69, 9.17) is 10.5 Å². The van der Waals surface area contributed by atoms with Crippen molar-refractivity contribution in [2.24, 2.45) is 11.7 Å². The van der Waals surface area contributed by atoms with Gasteiger partial charge in [-0.3, -0.25) is 4.79 Å². The summed E-state index contributed by atoms with van der Waals surface area (Å²) in [6, 6.07) is 26.9. The lowest BCUT2D eigenvalue weighted by Gasteiger charge is -2.40. The lowest BCUT2D eigenvalue weighted by Crippen LogP contribution is -2.52. The van der Waals surface area contributed by atoms with E-state index in [0.717, 1.165) is 55.7 Å². The molecule has 1 amide bonds. The number of benzene rings is 3. The third-order valence-electron chi connectivity index (χ3n) is 7.25. The minimum Gasteiger partial charge on any atom is -0.493 e. The Labute approximate surface area is 189 Å². The third kappa shape index (κ3) is 3.59. The zero-order chi connectivity index (χ0) is 22.0. The first kappa shape index (κ1) is 20.8. The van der Waals surface area contributed by atoms with Crippen LogP contribution < -0.4 is 15.8 Å². The number of ether oxygens (including phenoxy) is 1. The van der Waals surface area contributed by atoms with Gasteiger partial charge in [0.2, 0.25) is 5.91 Å². The molecule has 0 aromatic heterocycles. The number of rotatable bonds is 7. The standard InChI is InChI=1S/C28H30N2O2/c29-27(31)28(22-7-3-1-4-8-22,23-9-5-2-6-10-23)24-15-17-30-25(24)13-11-20-12-14-26-21(19-20)16-18-32-26/h1-10,12,14,19,24-25,30H,11,13,15-18H2,(H2,29,31). The van der Waals surface area contributed by atoms with Crippen LogP contribution in [-0.2, 0) is 23.1 Å². The van der Waals surface area contributed by atoms with Crippen molar-refractivity contribution < 1.29 is 9.53 Å². The zero-order valence-electron chi connectivity index (χ0n) is 18.3. The highest BCUT2D eigenvalue weighted by atomic mass is 16.5. The molecule has 2 atom stereocenters. The van der Waals surface area contributed by atoms with Crippen LogP contribution in [0.2, 0.25) is 0 Å². The van der Waals surface area contributed by atoms with Gasteiger partial charge in [-0.05, 0) is 60.0 Å². The molecule has 4 heteroatoms. The molecule has 0 spiro atoms. The Balaban J connectivity index is 1.49. The fourth-order valence-corrected chi connectivity index (χ4v) is 5.77. The minimum absolute atomic E-state index is 0.0857. The first-order valence-electron chi connectivity index (χ1n) is 11.6. The van der Waals surface area contributed by atoms with Gasteiger partial charge in [-0.25, -0.2) is 0 Å². The van der Waals surface area contributed by atoms with E-state index in [-0.39, 0.29) is 17.9 Å². The van der Waals surface area contributed by atoms with Crippen LogP contribution in [0.3, 0.4) is 0 Å². The van der Waals surface area contributed by atoms with Gasteiger partial charge in [-0.2, -0.15) is 0 Å². The Hall–Kier alpha value is -3.11. The molecule has 1 fully saturated rings. The molecule has 5 rings (SSSR count). The van der Waals surface area contributed by atoms with Crippen LogP contribution in [0.25, 0.3) is 0 Å². The van der Waals surface area contributed by atoms with E-state index in [9.17, 15) is 4.79 Å². The van der Waals surface area contributed by atoms with Gasteiger partial charge in [-0.15, -0.1) is 0 Å². The van der Waals surface area contributed by atoms with Crippen LogP contribution in [-0.4, -0.2) is 25.1 Å². The maximum atomic E-state index is 13.3. The molecule has 3 aromatic rings. The number of aryl methyl sites for hydroxylation is 1. The van der Waals surface area contributed by atoms with Crippen LogP contribution in [0.1, 0.15) is 35.1 Å². The molecule has 2 heterocycles. The summed E-state index contributed by atoms with van der Waals surface area (Å²) in [5, 5.41) is 3.70. The number of amides is 1. The molecule has 4 nitrogen and oxygen atoms in total. The van der Waals surface area contributed by atoms with Crippen LogP contribution in [0.4, 0.5) is 0 Å². The first-order valence-corrected chi connectivity index (χ1v) is 11.6. The topological polar surface area (TPSA) is 64.4 Å². The van der Waals surface area contributed by atoms with Gasteiger partial charge in [0.05, 0.1) is 6.61 Å². The SMILES string of the molecule is NC(=O)C(c1ccccc1)(c1ccccc1)C1CCNC1CCc1ccc2c(c1)CCO2. The van der Waals surface area contributed by atoms with Crippen molar-refractivity contribution in [3.8, 4) is 5.75 Å². The second-order valence-corrected chi connectivity index (χ2v) is 8.94. The average molecular weight is 427 g/mol. The largest absolute Gasteiger partial charge is 0.493 e. The van der Waals surface area contributed by atoms with Crippen molar-refractivity contribution in [2.45, 2.75) is 37.1 Å². The number of carbonyl (C=O) groups excluding carboxylic acids is 1. The smallest absolute Gasteiger partial charge is 0.232 e. The van der Waals surface area contributed by atoms with E-state index in [2.05, 4.69) is 23.5 Å². The van der Waals surface area contributed by atoms with Crippen LogP contribution >= 0.6 is 0 Å². The van der Waals surface area contributed by atoms with Crippen molar-refractivity contribution in [1.82, 2.24) is 5.32 Å².